The number of carbonyl (C=O) groups excluding carboxylic acids is 1. The Bertz CT molecular complexity index is 301. The van der Waals surface area contributed by atoms with Gasteiger partial charge in [-0.15, -0.1) is 0 Å². The van der Waals surface area contributed by atoms with Crippen LogP contribution in [0, 0.1) is 5.92 Å². The van der Waals surface area contributed by atoms with Crippen molar-refractivity contribution in [2.75, 3.05) is 19.8 Å². The summed E-state index contributed by atoms with van der Waals surface area (Å²) in [6.45, 7) is 1.73. The first kappa shape index (κ1) is 12.4. The third kappa shape index (κ3) is 3.43. The molecule has 2 fully saturated rings. The highest BCUT2D eigenvalue weighted by Crippen LogP contribution is 2.28. The topological polar surface area (TPSA) is 66.8 Å². The number of likely N-dealkylation sites (tertiary alicyclic amines) is 1. The SMILES string of the molecule is O=C(O)[C@H]1CCCN1C(=O)CCOCC1CC1. The van der Waals surface area contributed by atoms with Crippen molar-refractivity contribution in [2.45, 2.75) is 38.1 Å². The second kappa shape index (κ2) is 5.49. The molecule has 1 atom stereocenters. The number of hydrogen-bond acceptors (Lipinski definition) is 3. The molecule has 17 heavy (non-hydrogen) atoms. The molecule has 0 spiro atoms. The zero-order valence-electron chi connectivity index (χ0n) is 9.93. The van der Waals surface area contributed by atoms with Crippen molar-refractivity contribution >= 4 is 11.9 Å². The molecule has 2 rings (SSSR count). The first-order valence-corrected chi connectivity index (χ1v) is 6.28. The Kier molecular flexibility index (Phi) is 3.99. The Balaban J connectivity index is 1.68. The third-order valence-corrected chi connectivity index (χ3v) is 3.37. The van der Waals surface area contributed by atoms with Crippen LogP contribution in [0.25, 0.3) is 0 Å². The van der Waals surface area contributed by atoms with Gasteiger partial charge in [0.25, 0.3) is 0 Å². The quantitative estimate of drug-likeness (QED) is 0.701. The maximum atomic E-state index is 11.8. The summed E-state index contributed by atoms with van der Waals surface area (Å²) in [4.78, 5) is 24.2. The number of carboxylic acid groups (broad SMARTS) is 1. The molecule has 0 aromatic carbocycles. The number of rotatable bonds is 6. The van der Waals surface area contributed by atoms with Gasteiger partial charge in [0, 0.05) is 13.2 Å². The standard InChI is InChI=1S/C12H19NO4/c14-11(5-7-17-8-9-3-4-9)13-6-1-2-10(13)12(15)16/h9-10H,1-8H2,(H,15,16)/t10-/m1/s1. The van der Waals surface area contributed by atoms with Crippen LogP contribution in [0.1, 0.15) is 32.1 Å². The Morgan fingerprint density at radius 3 is 2.71 bits per heavy atom. The van der Waals surface area contributed by atoms with Crippen LogP contribution >= 0.6 is 0 Å². The van der Waals surface area contributed by atoms with E-state index in [4.69, 9.17) is 9.84 Å². The van der Waals surface area contributed by atoms with Crippen molar-refractivity contribution in [1.29, 1.82) is 0 Å². The van der Waals surface area contributed by atoms with Crippen LogP contribution in [0.15, 0.2) is 0 Å². The fraction of sp³-hybridized carbons (Fsp3) is 0.833. The zero-order valence-corrected chi connectivity index (χ0v) is 9.93. The highest BCUT2D eigenvalue weighted by atomic mass is 16.5. The molecule has 0 bridgehead atoms. The van der Waals surface area contributed by atoms with Crippen LogP contribution in [0.2, 0.25) is 0 Å². The molecule has 1 aliphatic carbocycles. The average molecular weight is 241 g/mol. The number of nitrogens with zero attached hydrogens (tertiary/aromatic N) is 1. The zero-order chi connectivity index (χ0) is 12.3. The van der Waals surface area contributed by atoms with Gasteiger partial charge in [-0.1, -0.05) is 0 Å². The molecule has 96 valence electrons. The number of carboxylic acids is 1. The van der Waals surface area contributed by atoms with Crippen LogP contribution in [0.3, 0.4) is 0 Å². The second-order valence-corrected chi connectivity index (χ2v) is 4.85. The highest BCUT2D eigenvalue weighted by molar-refractivity contribution is 5.84. The minimum Gasteiger partial charge on any atom is -0.480 e. The molecule has 5 heteroatoms. The van der Waals surface area contributed by atoms with E-state index in [1.54, 1.807) is 0 Å². The minimum absolute atomic E-state index is 0.0919. The van der Waals surface area contributed by atoms with E-state index >= 15 is 0 Å². The van der Waals surface area contributed by atoms with E-state index in [2.05, 4.69) is 0 Å². The Hall–Kier alpha value is -1.10. The van der Waals surface area contributed by atoms with Crippen LogP contribution in [-0.2, 0) is 14.3 Å². The number of ether oxygens (including phenoxy) is 1. The van der Waals surface area contributed by atoms with E-state index in [9.17, 15) is 9.59 Å². The predicted octanol–water partition coefficient (Wildman–Crippen LogP) is 0.879. The molecule has 1 heterocycles. The molecule has 1 saturated carbocycles. The van der Waals surface area contributed by atoms with Gasteiger partial charge in [0.05, 0.1) is 13.0 Å². The van der Waals surface area contributed by atoms with E-state index in [0.717, 1.165) is 13.0 Å². The van der Waals surface area contributed by atoms with E-state index in [1.165, 1.54) is 17.7 Å². The summed E-state index contributed by atoms with van der Waals surface area (Å²) >= 11 is 0. The Labute approximate surface area is 101 Å². The maximum Gasteiger partial charge on any atom is 0.326 e. The van der Waals surface area contributed by atoms with Crippen LogP contribution in [-0.4, -0.2) is 47.7 Å². The fourth-order valence-electron chi connectivity index (χ4n) is 2.16. The second-order valence-electron chi connectivity index (χ2n) is 4.85. The fourth-order valence-corrected chi connectivity index (χ4v) is 2.16. The molecule has 1 amide bonds. The first-order chi connectivity index (χ1) is 8.18. The monoisotopic (exact) mass is 241 g/mol. The summed E-state index contributed by atoms with van der Waals surface area (Å²) in [5.74, 6) is -0.288. The summed E-state index contributed by atoms with van der Waals surface area (Å²) in [6.07, 6.45) is 4.13. The Morgan fingerprint density at radius 2 is 2.06 bits per heavy atom. The molecule has 5 nitrogen and oxygen atoms in total. The predicted molar refractivity (Wildman–Crippen MR) is 60.5 cm³/mol. The molecule has 0 aromatic heterocycles. The van der Waals surface area contributed by atoms with Gasteiger partial charge in [-0.3, -0.25) is 4.79 Å². The number of amides is 1. The molecule has 0 aromatic rings. The molecule has 1 aliphatic heterocycles. The molecule has 2 aliphatic rings. The molecular weight excluding hydrogens is 222 g/mol. The lowest BCUT2D eigenvalue weighted by Gasteiger charge is -2.21. The number of hydrogen-bond donors (Lipinski definition) is 1. The largest absolute Gasteiger partial charge is 0.480 e. The summed E-state index contributed by atoms with van der Waals surface area (Å²) in [5.41, 5.74) is 0. The van der Waals surface area contributed by atoms with E-state index in [-0.39, 0.29) is 5.91 Å². The van der Waals surface area contributed by atoms with Crippen LogP contribution in [0.5, 0.6) is 0 Å². The van der Waals surface area contributed by atoms with Crippen LogP contribution in [0.4, 0.5) is 0 Å². The van der Waals surface area contributed by atoms with Gasteiger partial charge in [0.2, 0.25) is 5.91 Å². The van der Waals surface area contributed by atoms with Crippen molar-refractivity contribution in [3.63, 3.8) is 0 Å². The van der Waals surface area contributed by atoms with Gasteiger partial charge >= 0.3 is 5.97 Å². The average Bonchev–Trinajstić information content (AvgIpc) is 2.97. The lowest BCUT2D eigenvalue weighted by molar-refractivity contribution is -0.148. The lowest BCUT2D eigenvalue weighted by Crippen LogP contribution is -2.40. The summed E-state index contributed by atoms with van der Waals surface area (Å²) in [5, 5.41) is 8.96. The maximum absolute atomic E-state index is 11.8. The normalized spacial score (nSPS) is 24.0. The van der Waals surface area contributed by atoms with Crippen molar-refractivity contribution < 1.29 is 19.4 Å². The van der Waals surface area contributed by atoms with Gasteiger partial charge in [-0.25, -0.2) is 4.79 Å². The molecule has 1 saturated heterocycles. The number of carbonyl (C=O) groups is 2. The molecule has 0 radical (unpaired) electrons. The van der Waals surface area contributed by atoms with Crippen molar-refractivity contribution in [1.82, 2.24) is 4.90 Å². The van der Waals surface area contributed by atoms with Crippen molar-refractivity contribution in [2.24, 2.45) is 5.92 Å². The first-order valence-electron chi connectivity index (χ1n) is 6.28. The third-order valence-electron chi connectivity index (χ3n) is 3.37. The smallest absolute Gasteiger partial charge is 0.326 e. The molecule has 1 N–H and O–H groups in total. The van der Waals surface area contributed by atoms with Gasteiger partial charge in [-0.2, -0.15) is 0 Å². The van der Waals surface area contributed by atoms with Gasteiger partial charge in [0.15, 0.2) is 0 Å². The highest BCUT2D eigenvalue weighted by Gasteiger charge is 2.33. The molecular formula is C12H19NO4. The Morgan fingerprint density at radius 1 is 1.29 bits per heavy atom. The van der Waals surface area contributed by atoms with Crippen molar-refractivity contribution in [3.05, 3.63) is 0 Å². The van der Waals surface area contributed by atoms with Crippen molar-refractivity contribution in [3.8, 4) is 0 Å². The summed E-state index contributed by atoms with van der Waals surface area (Å²) < 4.78 is 5.39. The lowest BCUT2D eigenvalue weighted by atomic mass is 10.2. The minimum atomic E-state index is -0.894. The number of aliphatic carboxylic acids is 1. The summed E-state index contributed by atoms with van der Waals surface area (Å²) in [6, 6.07) is -0.620. The summed E-state index contributed by atoms with van der Waals surface area (Å²) in [7, 11) is 0. The van der Waals surface area contributed by atoms with Gasteiger partial charge < -0.3 is 14.7 Å². The van der Waals surface area contributed by atoms with Crippen LogP contribution < -0.4 is 0 Å². The van der Waals surface area contributed by atoms with E-state index < -0.39 is 12.0 Å². The molecule has 0 unspecified atom stereocenters. The van der Waals surface area contributed by atoms with E-state index in [1.807, 2.05) is 0 Å². The van der Waals surface area contributed by atoms with Gasteiger partial charge in [-0.05, 0) is 31.6 Å². The van der Waals surface area contributed by atoms with Gasteiger partial charge in [0.1, 0.15) is 6.04 Å². The van der Waals surface area contributed by atoms with E-state index in [0.29, 0.717) is 31.9 Å².